The molecule has 1 aliphatic heterocycles. The third-order valence-electron chi connectivity index (χ3n) is 4.86. The second-order valence-electron chi connectivity index (χ2n) is 6.53. The van der Waals surface area contributed by atoms with Crippen LogP contribution in [0.5, 0.6) is 5.75 Å². The first kappa shape index (κ1) is 17.3. The Balaban J connectivity index is 1.60. The minimum Gasteiger partial charge on any atom is -0.489 e. The van der Waals surface area contributed by atoms with E-state index in [9.17, 15) is 4.79 Å². The van der Waals surface area contributed by atoms with Crippen molar-refractivity contribution >= 4 is 5.97 Å². The molecule has 3 aromatic rings. The molecule has 4 rings (SSSR count). The number of esters is 1. The molecule has 0 spiro atoms. The summed E-state index contributed by atoms with van der Waals surface area (Å²) in [5.41, 5.74) is 5.21. The third-order valence-corrected chi connectivity index (χ3v) is 4.86. The molecule has 1 atom stereocenters. The van der Waals surface area contributed by atoms with Gasteiger partial charge in [-0.15, -0.1) is 0 Å². The average Bonchev–Trinajstić information content (AvgIpc) is 2.89. The van der Waals surface area contributed by atoms with Gasteiger partial charge in [-0.1, -0.05) is 54.6 Å². The van der Waals surface area contributed by atoms with Crippen LogP contribution in [0.4, 0.5) is 0 Å². The van der Waals surface area contributed by atoms with Gasteiger partial charge in [-0.3, -0.25) is 0 Å². The van der Waals surface area contributed by atoms with Crippen LogP contribution in [0, 0.1) is 0 Å². The lowest BCUT2D eigenvalue weighted by molar-refractivity contribution is 0.0600. The molecule has 1 aliphatic rings. The highest BCUT2D eigenvalue weighted by Crippen LogP contribution is 2.35. The third kappa shape index (κ3) is 3.57. The molecular formula is C23H21NO3. The first-order chi connectivity index (χ1) is 13.3. The van der Waals surface area contributed by atoms with Crippen molar-refractivity contribution in [3.8, 4) is 5.75 Å². The Bertz CT molecular complexity index is 902. The van der Waals surface area contributed by atoms with Crippen molar-refractivity contribution in [2.75, 3.05) is 7.11 Å². The number of nitrogens with one attached hydrogen (secondary N) is 1. The van der Waals surface area contributed by atoms with Crippen LogP contribution in [0.15, 0.2) is 72.8 Å². The van der Waals surface area contributed by atoms with Crippen LogP contribution < -0.4 is 10.1 Å². The quantitative estimate of drug-likeness (QED) is 0.708. The van der Waals surface area contributed by atoms with E-state index < -0.39 is 0 Å². The molecule has 0 aliphatic carbocycles. The second kappa shape index (κ2) is 7.64. The highest BCUT2D eigenvalue weighted by molar-refractivity contribution is 5.89. The topological polar surface area (TPSA) is 47.6 Å². The van der Waals surface area contributed by atoms with Gasteiger partial charge >= 0.3 is 5.97 Å². The van der Waals surface area contributed by atoms with Gasteiger partial charge < -0.3 is 14.8 Å². The van der Waals surface area contributed by atoms with Crippen LogP contribution in [0.2, 0.25) is 0 Å². The van der Waals surface area contributed by atoms with Gasteiger partial charge in [0.25, 0.3) is 0 Å². The molecule has 0 fully saturated rings. The number of para-hydroxylation sites is 1. The van der Waals surface area contributed by atoms with Gasteiger partial charge in [0.15, 0.2) is 0 Å². The summed E-state index contributed by atoms with van der Waals surface area (Å²) >= 11 is 0. The standard InChI is InChI=1S/C23H21NO3/c1-26-23(25)17-12-10-16(11-13-17)14-24-22-19-7-3-2-6-18(19)15-27-21-9-5-4-8-20(21)22/h2-13,22,24H,14-15H2,1H3. The number of methoxy groups -OCH3 is 1. The van der Waals surface area contributed by atoms with Crippen LogP contribution in [-0.4, -0.2) is 13.1 Å². The van der Waals surface area contributed by atoms with E-state index in [4.69, 9.17) is 9.47 Å². The summed E-state index contributed by atoms with van der Waals surface area (Å²) in [5, 5.41) is 3.66. The van der Waals surface area contributed by atoms with E-state index in [1.807, 2.05) is 36.4 Å². The van der Waals surface area contributed by atoms with Crippen molar-refractivity contribution in [2.45, 2.75) is 19.2 Å². The van der Waals surface area contributed by atoms with E-state index in [0.29, 0.717) is 18.7 Å². The van der Waals surface area contributed by atoms with Crippen molar-refractivity contribution in [2.24, 2.45) is 0 Å². The molecular weight excluding hydrogens is 338 g/mol. The van der Waals surface area contributed by atoms with E-state index in [2.05, 4.69) is 29.6 Å². The van der Waals surface area contributed by atoms with E-state index in [-0.39, 0.29) is 12.0 Å². The van der Waals surface area contributed by atoms with Crippen LogP contribution >= 0.6 is 0 Å². The van der Waals surface area contributed by atoms with Gasteiger partial charge in [-0.25, -0.2) is 4.79 Å². The number of carbonyl (C=O) groups excluding carboxylic acids is 1. The highest BCUT2D eigenvalue weighted by atomic mass is 16.5. The zero-order valence-corrected chi connectivity index (χ0v) is 15.1. The van der Waals surface area contributed by atoms with Gasteiger partial charge in [-0.05, 0) is 34.9 Å². The maximum atomic E-state index is 11.6. The Labute approximate surface area is 158 Å². The summed E-state index contributed by atoms with van der Waals surface area (Å²) < 4.78 is 10.8. The number of fused-ring (bicyclic) bond motifs is 2. The monoisotopic (exact) mass is 359 g/mol. The predicted molar refractivity (Wildman–Crippen MR) is 104 cm³/mol. The largest absolute Gasteiger partial charge is 0.489 e. The lowest BCUT2D eigenvalue weighted by atomic mass is 9.94. The lowest BCUT2D eigenvalue weighted by Gasteiger charge is -2.21. The number of hydrogen-bond donors (Lipinski definition) is 1. The molecule has 0 aromatic heterocycles. The Morgan fingerprint density at radius 3 is 2.48 bits per heavy atom. The van der Waals surface area contributed by atoms with Crippen LogP contribution in [0.25, 0.3) is 0 Å². The first-order valence-corrected chi connectivity index (χ1v) is 8.96. The molecule has 136 valence electrons. The van der Waals surface area contributed by atoms with E-state index in [1.54, 1.807) is 12.1 Å². The Morgan fingerprint density at radius 1 is 1.00 bits per heavy atom. The second-order valence-corrected chi connectivity index (χ2v) is 6.53. The molecule has 1 unspecified atom stereocenters. The Morgan fingerprint density at radius 2 is 1.70 bits per heavy atom. The minimum atomic E-state index is -0.321. The number of ether oxygens (including phenoxy) is 2. The number of benzene rings is 3. The fourth-order valence-electron chi connectivity index (χ4n) is 3.44. The molecule has 1 heterocycles. The minimum absolute atomic E-state index is 0.0418. The molecule has 27 heavy (non-hydrogen) atoms. The normalized spacial score (nSPS) is 15.1. The predicted octanol–water partition coefficient (Wildman–Crippen LogP) is 4.24. The zero-order valence-electron chi connectivity index (χ0n) is 15.1. The van der Waals surface area contributed by atoms with Gasteiger partial charge in [0.05, 0.1) is 18.7 Å². The van der Waals surface area contributed by atoms with Gasteiger partial charge in [0, 0.05) is 12.1 Å². The summed E-state index contributed by atoms with van der Waals surface area (Å²) in [7, 11) is 1.39. The van der Waals surface area contributed by atoms with Gasteiger partial charge in [-0.2, -0.15) is 0 Å². The maximum Gasteiger partial charge on any atom is 0.337 e. The molecule has 0 radical (unpaired) electrons. The van der Waals surface area contributed by atoms with Crippen LogP contribution in [0.3, 0.4) is 0 Å². The summed E-state index contributed by atoms with van der Waals surface area (Å²) in [6.07, 6.45) is 0. The van der Waals surface area contributed by atoms with Crippen molar-refractivity contribution in [1.29, 1.82) is 0 Å². The summed E-state index contributed by atoms with van der Waals surface area (Å²) in [6.45, 7) is 1.24. The van der Waals surface area contributed by atoms with Crippen molar-refractivity contribution in [3.63, 3.8) is 0 Å². The summed E-state index contributed by atoms with van der Waals surface area (Å²) in [4.78, 5) is 11.6. The fraction of sp³-hybridized carbons (Fsp3) is 0.174. The molecule has 3 aromatic carbocycles. The van der Waals surface area contributed by atoms with Gasteiger partial charge in [0.1, 0.15) is 12.4 Å². The average molecular weight is 359 g/mol. The lowest BCUT2D eigenvalue weighted by Crippen LogP contribution is -2.22. The van der Waals surface area contributed by atoms with Gasteiger partial charge in [0.2, 0.25) is 0 Å². The Kier molecular flexibility index (Phi) is 4.90. The van der Waals surface area contributed by atoms with E-state index in [0.717, 1.165) is 16.9 Å². The number of carbonyl (C=O) groups is 1. The van der Waals surface area contributed by atoms with E-state index >= 15 is 0 Å². The summed E-state index contributed by atoms with van der Waals surface area (Å²) in [5.74, 6) is 0.588. The molecule has 1 N–H and O–H groups in total. The number of hydrogen-bond acceptors (Lipinski definition) is 4. The molecule has 0 amide bonds. The first-order valence-electron chi connectivity index (χ1n) is 8.96. The SMILES string of the molecule is COC(=O)c1ccc(CNC2c3ccccc3COc3ccccc32)cc1. The fourth-order valence-corrected chi connectivity index (χ4v) is 3.44. The molecule has 0 saturated carbocycles. The van der Waals surface area contributed by atoms with Crippen LogP contribution in [0.1, 0.15) is 38.7 Å². The Hall–Kier alpha value is -3.11. The highest BCUT2D eigenvalue weighted by Gasteiger charge is 2.23. The summed E-state index contributed by atoms with van der Waals surface area (Å²) in [6, 6.07) is 24.0. The van der Waals surface area contributed by atoms with E-state index in [1.165, 1.54) is 18.2 Å². The molecule has 4 nitrogen and oxygen atoms in total. The molecule has 4 heteroatoms. The van der Waals surface area contributed by atoms with Crippen LogP contribution in [-0.2, 0) is 17.9 Å². The smallest absolute Gasteiger partial charge is 0.337 e. The van der Waals surface area contributed by atoms with Crippen molar-refractivity contribution in [3.05, 3.63) is 101 Å². The van der Waals surface area contributed by atoms with Crippen molar-refractivity contribution in [1.82, 2.24) is 5.32 Å². The van der Waals surface area contributed by atoms with Crippen molar-refractivity contribution < 1.29 is 14.3 Å². The molecule has 0 bridgehead atoms. The molecule has 0 saturated heterocycles. The zero-order chi connectivity index (χ0) is 18.6. The number of rotatable bonds is 4. The maximum absolute atomic E-state index is 11.6.